The molecule has 1 atom stereocenters. The first-order chi connectivity index (χ1) is 10.3. The van der Waals surface area contributed by atoms with E-state index in [1.807, 2.05) is 6.20 Å². The van der Waals surface area contributed by atoms with Crippen LogP contribution in [0.2, 0.25) is 0 Å². The summed E-state index contributed by atoms with van der Waals surface area (Å²) in [7, 11) is 0. The molecule has 0 bridgehead atoms. The lowest BCUT2D eigenvalue weighted by atomic mass is 9.95. The van der Waals surface area contributed by atoms with Crippen molar-refractivity contribution in [3.63, 3.8) is 0 Å². The monoisotopic (exact) mass is 283 g/mol. The molecule has 1 saturated carbocycles. The summed E-state index contributed by atoms with van der Waals surface area (Å²) in [6, 6.07) is 11.3. The van der Waals surface area contributed by atoms with E-state index < -0.39 is 0 Å². The van der Waals surface area contributed by atoms with Crippen LogP contribution in [-0.2, 0) is 0 Å². The zero-order valence-corrected chi connectivity index (χ0v) is 12.8. The van der Waals surface area contributed by atoms with Gasteiger partial charge in [-0.2, -0.15) is 0 Å². The minimum Gasteiger partial charge on any atom is -0.355 e. The number of benzene rings is 1. The standard InChI is InChI=1S/C18H25N3/c1-15(16-8-4-2-5-9-16)14-20-18-19-12-13-21(18)17-10-6-3-7-11-17/h2,4-5,8-9,12-13,15,17H,3,6-7,10-11,14H2,1H3,(H,19,20). The summed E-state index contributed by atoms with van der Waals surface area (Å²) in [5.74, 6) is 1.52. The van der Waals surface area contributed by atoms with E-state index in [4.69, 9.17) is 0 Å². The molecule has 1 aliphatic rings. The van der Waals surface area contributed by atoms with Crippen LogP contribution in [0.4, 0.5) is 5.95 Å². The summed E-state index contributed by atoms with van der Waals surface area (Å²) >= 11 is 0. The molecule has 0 radical (unpaired) electrons. The Morgan fingerprint density at radius 3 is 2.71 bits per heavy atom. The molecule has 21 heavy (non-hydrogen) atoms. The first kappa shape index (κ1) is 14.2. The Kier molecular flexibility index (Phi) is 4.59. The smallest absolute Gasteiger partial charge is 0.203 e. The van der Waals surface area contributed by atoms with Crippen LogP contribution in [0.15, 0.2) is 42.7 Å². The van der Waals surface area contributed by atoms with Gasteiger partial charge in [0.2, 0.25) is 5.95 Å². The third-order valence-corrected chi connectivity index (χ3v) is 4.57. The van der Waals surface area contributed by atoms with Crippen molar-refractivity contribution in [2.45, 2.75) is 51.0 Å². The van der Waals surface area contributed by atoms with E-state index in [1.165, 1.54) is 37.7 Å². The molecule has 1 N–H and O–H groups in total. The zero-order valence-electron chi connectivity index (χ0n) is 12.8. The van der Waals surface area contributed by atoms with Gasteiger partial charge in [0, 0.05) is 25.0 Å². The highest BCUT2D eigenvalue weighted by molar-refractivity contribution is 5.29. The fourth-order valence-electron chi connectivity index (χ4n) is 3.25. The Labute approximate surface area is 127 Å². The molecule has 112 valence electrons. The molecule has 1 aromatic carbocycles. The van der Waals surface area contributed by atoms with Gasteiger partial charge in [-0.05, 0) is 24.3 Å². The van der Waals surface area contributed by atoms with Gasteiger partial charge in [-0.3, -0.25) is 0 Å². The van der Waals surface area contributed by atoms with Gasteiger partial charge < -0.3 is 9.88 Å². The normalized spacial score (nSPS) is 17.6. The van der Waals surface area contributed by atoms with E-state index in [-0.39, 0.29) is 0 Å². The van der Waals surface area contributed by atoms with Gasteiger partial charge in [-0.25, -0.2) is 4.98 Å². The Morgan fingerprint density at radius 1 is 1.19 bits per heavy atom. The summed E-state index contributed by atoms with van der Waals surface area (Å²) in [5, 5.41) is 3.54. The molecule has 0 saturated heterocycles. The number of hydrogen-bond donors (Lipinski definition) is 1. The topological polar surface area (TPSA) is 29.9 Å². The molecule has 1 fully saturated rings. The minimum absolute atomic E-state index is 0.489. The van der Waals surface area contributed by atoms with Crippen molar-refractivity contribution in [1.82, 2.24) is 9.55 Å². The van der Waals surface area contributed by atoms with Crippen molar-refractivity contribution < 1.29 is 0 Å². The number of rotatable bonds is 5. The highest BCUT2D eigenvalue weighted by Gasteiger charge is 2.18. The molecule has 3 nitrogen and oxygen atoms in total. The highest BCUT2D eigenvalue weighted by Crippen LogP contribution is 2.30. The van der Waals surface area contributed by atoms with Crippen LogP contribution in [0.25, 0.3) is 0 Å². The Morgan fingerprint density at radius 2 is 1.95 bits per heavy atom. The van der Waals surface area contributed by atoms with Gasteiger partial charge >= 0.3 is 0 Å². The Bertz CT molecular complexity index is 541. The average molecular weight is 283 g/mol. The third kappa shape index (κ3) is 3.46. The minimum atomic E-state index is 0.489. The van der Waals surface area contributed by atoms with E-state index in [9.17, 15) is 0 Å². The van der Waals surface area contributed by atoms with Crippen LogP contribution in [0.5, 0.6) is 0 Å². The van der Waals surface area contributed by atoms with Crippen LogP contribution < -0.4 is 5.32 Å². The molecular weight excluding hydrogens is 258 g/mol. The van der Waals surface area contributed by atoms with E-state index in [2.05, 4.69) is 58.3 Å². The lowest BCUT2D eigenvalue weighted by Gasteiger charge is -2.25. The van der Waals surface area contributed by atoms with Crippen LogP contribution in [0.3, 0.4) is 0 Å². The number of nitrogens with zero attached hydrogens (tertiary/aromatic N) is 2. The maximum atomic E-state index is 4.51. The van der Waals surface area contributed by atoms with Crippen molar-refractivity contribution in [3.05, 3.63) is 48.3 Å². The van der Waals surface area contributed by atoms with Gasteiger partial charge in [-0.1, -0.05) is 56.5 Å². The number of hydrogen-bond acceptors (Lipinski definition) is 2. The van der Waals surface area contributed by atoms with Crippen LogP contribution in [0, 0.1) is 0 Å². The van der Waals surface area contributed by atoms with Crippen molar-refractivity contribution >= 4 is 5.95 Å². The predicted octanol–water partition coefficient (Wildman–Crippen LogP) is 4.60. The molecule has 3 heteroatoms. The summed E-state index contributed by atoms with van der Waals surface area (Å²) in [6.45, 7) is 3.18. The zero-order chi connectivity index (χ0) is 14.5. The number of aromatic nitrogens is 2. The maximum absolute atomic E-state index is 4.51. The second kappa shape index (κ2) is 6.79. The second-order valence-electron chi connectivity index (χ2n) is 6.14. The maximum Gasteiger partial charge on any atom is 0.203 e. The first-order valence-electron chi connectivity index (χ1n) is 8.16. The van der Waals surface area contributed by atoms with Crippen LogP contribution in [-0.4, -0.2) is 16.1 Å². The molecule has 1 aliphatic carbocycles. The second-order valence-corrected chi connectivity index (χ2v) is 6.14. The lowest BCUT2D eigenvalue weighted by molar-refractivity contribution is 0.355. The van der Waals surface area contributed by atoms with E-state index in [0.29, 0.717) is 12.0 Å². The lowest BCUT2D eigenvalue weighted by Crippen LogP contribution is -2.18. The molecule has 3 rings (SSSR count). The van der Waals surface area contributed by atoms with Crippen molar-refractivity contribution in [1.29, 1.82) is 0 Å². The Balaban J connectivity index is 1.62. The summed E-state index contributed by atoms with van der Waals surface area (Å²) in [4.78, 5) is 4.51. The van der Waals surface area contributed by atoms with Crippen molar-refractivity contribution in [3.8, 4) is 0 Å². The SMILES string of the molecule is CC(CNc1nccn1C1CCCCC1)c1ccccc1. The largest absolute Gasteiger partial charge is 0.355 e. The number of nitrogens with one attached hydrogen (secondary N) is 1. The van der Waals surface area contributed by atoms with Gasteiger partial charge in [0.15, 0.2) is 0 Å². The molecule has 0 amide bonds. The molecule has 0 spiro atoms. The van der Waals surface area contributed by atoms with E-state index in [0.717, 1.165) is 12.5 Å². The predicted molar refractivity (Wildman–Crippen MR) is 87.7 cm³/mol. The fourth-order valence-corrected chi connectivity index (χ4v) is 3.25. The Hall–Kier alpha value is -1.77. The van der Waals surface area contributed by atoms with Gasteiger partial charge in [-0.15, -0.1) is 0 Å². The summed E-state index contributed by atoms with van der Waals surface area (Å²) < 4.78 is 2.34. The summed E-state index contributed by atoms with van der Waals surface area (Å²) in [5.41, 5.74) is 1.38. The molecule has 0 aliphatic heterocycles. The summed E-state index contributed by atoms with van der Waals surface area (Å²) in [6.07, 6.45) is 10.7. The number of anilines is 1. The third-order valence-electron chi connectivity index (χ3n) is 4.57. The molecule has 1 heterocycles. The fraction of sp³-hybridized carbons (Fsp3) is 0.500. The molecular formula is C18H25N3. The average Bonchev–Trinajstić information content (AvgIpc) is 3.03. The van der Waals surface area contributed by atoms with E-state index in [1.54, 1.807) is 0 Å². The van der Waals surface area contributed by atoms with Gasteiger partial charge in [0.25, 0.3) is 0 Å². The molecule has 1 aromatic heterocycles. The van der Waals surface area contributed by atoms with Crippen LogP contribution >= 0.6 is 0 Å². The first-order valence-corrected chi connectivity index (χ1v) is 8.16. The highest BCUT2D eigenvalue weighted by atomic mass is 15.2. The number of imidazole rings is 1. The van der Waals surface area contributed by atoms with Crippen molar-refractivity contribution in [2.24, 2.45) is 0 Å². The van der Waals surface area contributed by atoms with Gasteiger partial charge in [0.1, 0.15) is 0 Å². The van der Waals surface area contributed by atoms with E-state index >= 15 is 0 Å². The van der Waals surface area contributed by atoms with Crippen molar-refractivity contribution in [2.75, 3.05) is 11.9 Å². The van der Waals surface area contributed by atoms with Gasteiger partial charge in [0.05, 0.1) is 0 Å². The molecule has 2 aromatic rings. The molecule has 1 unspecified atom stereocenters. The van der Waals surface area contributed by atoms with Crippen LogP contribution in [0.1, 0.15) is 56.6 Å². The quantitative estimate of drug-likeness (QED) is 0.868.